The molecule has 0 bridgehead atoms. The van der Waals surface area contributed by atoms with Gasteiger partial charge in [-0.15, -0.1) is 0 Å². The normalized spacial score (nSPS) is 14.6. The van der Waals surface area contributed by atoms with Crippen LogP contribution in [0.1, 0.15) is 38.2 Å². The van der Waals surface area contributed by atoms with E-state index in [0.717, 1.165) is 24.2 Å². The molecule has 0 radical (unpaired) electrons. The van der Waals surface area contributed by atoms with Crippen LogP contribution in [0.5, 0.6) is 0 Å². The lowest BCUT2D eigenvalue weighted by Crippen LogP contribution is -2.35. The monoisotopic (exact) mass is 275 g/mol. The Labute approximate surface area is 121 Å². The summed E-state index contributed by atoms with van der Waals surface area (Å²) in [6, 6.07) is 6.24. The highest BCUT2D eigenvalue weighted by atomic mass is 16.2. The van der Waals surface area contributed by atoms with Gasteiger partial charge in [0, 0.05) is 17.4 Å². The maximum Gasteiger partial charge on any atom is 0.238 e. The smallest absolute Gasteiger partial charge is 0.238 e. The van der Waals surface area contributed by atoms with Gasteiger partial charge in [0.2, 0.25) is 5.91 Å². The summed E-state index contributed by atoms with van der Waals surface area (Å²) >= 11 is 0. The summed E-state index contributed by atoms with van der Waals surface area (Å²) in [6.07, 6.45) is 4.78. The fourth-order valence-corrected chi connectivity index (χ4v) is 2.35. The van der Waals surface area contributed by atoms with E-state index in [9.17, 15) is 4.79 Å². The molecule has 1 fully saturated rings. The molecule has 3 N–H and O–H groups in total. The molecule has 1 saturated carbocycles. The third-order valence-electron chi connectivity index (χ3n) is 3.86. The lowest BCUT2D eigenvalue weighted by Gasteiger charge is -2.21. The second kappa shape index (κ2) is 6.75. The average Bonchev–Trinajstić information content (AvgIpc) is 3.24. The molecule has 1 amide bonds. The third kappa shape index (κ3) is 3.97. The van der Waals surface area contributed by atoms with Crippen LogP contribution in [0.25, 0.3) is 0 Å². The first-order valence-corrected chi connectivity index (χ1v) is 7.50. The molecule has 0 aromatic heterocycles. The van der Waals surface area contributed by atoms with E-state index in [2.05, 4.69) is 17.1 Å². The Hall–Kier alpha value is -1.55. The number of hydrogen-bond donors (Lipinski definition) is 2. The quantitative estimate of drug-likeness (QED) is 0.752. The lowest BCUT2D eigenvalue weighted by molar-refractivity contribution is -0.117. The van der Waals surface area contributed by atoms with Gasteiger partial charge in [-0.05, 0) is 50.4 Å². The first-order valence-electron chi connectivity index (χ1n) is 7.50. The zero-order valence-corrected chi connectivity index (χ0v) is 12.5. The number of anilines is 2. The fraction of sp³-hybridized carbons (Fsp3) is 0.562. The lowest BCUT2D eigenvalue weighted by atomic mass is 10.1. The Kier molecular flexibility index (Phi) is 5.01. The molecule has 4 heteroatoms. The fourth-order valence-electron chi connectivity index (χ4n) is 2.35. The van der Waals surface area contributed by atoms with E-state index in [1.807, 2.05) is 25.1 Å². The predicted molar refractivity (Wildman–Crippen MR) is 83.7 cm³/mol. The summed E-state index contributed by atoms with van der Waals surface area (Å²) < 4.78 is 0. The summed E-state index contributed by atoms with van der Waals surface area (Å²) in [5.41, 5.74) is 8.33. The maximum atomic E-state index is 12.2. The number of nitrogens with zero attached hydrogens (tertiary/aromatic N) is 1. The number of rotatable bonds is 7. The van der Waals surface area contributed by atoms with Gasteiger partial charge in [-0.2, -0.15) is 0 Å². The van der Waals surface area contributed by atoms with E-state index in [-0.39, 0.29) is 5.91 Å². The Balaban J connectivity index is 1.92. The number of hydrogen-bond acceptors (Lipinski definition) is 3. The number of carbonyl (C=O) groups excluding carboxylic acids is 1. The van der Waals surface area contributed by atoms with Crippen LogP contribution in [0.2, 0.25) is 0 Å². The van der Waals surface area contributed by atoms with Gasteiger partial charge in [0.05, 0.1) is 6.54 Å². The van der Waals surface area contributed by atoms with Crippen LogP contribution in [0, 0.1) is 6.92 Å². The standard InChI is InChI=1S/C16H25N3O/c1-3-4-10-19(13-8-9-13)11-16(20)18-15-7-5-6-14(17)12(15)2/h5-7,13H,3-4,8-11,17H2,1-2H3,(H,18,20). The van der Waals surface area contributed by atoms with E-state index in [0.29, 0.717) is 18.3 Å². The molecule has 0 saturated heterocycles. The third-order valence-corrected chi connectivity index (χ3v) is 3.86. The number of benzene rings is 1. The van der Waals surface area contributed by atoms with Crippen LogP contribution < -0.4 is 11.1 Å². The van der Waals surface area contributed by atoms with Crippen LogP contribution in [-0.4, -0.2) is 29.9 Å². The van der Waals surface area contributed by atoms with Gasteiger partial charge < -0.3 is 11.1 Å². The van der Waals surface area contributed by atoms with Gasteiger partial charge in [-0.3, -0.25) is 9.69 Å². The van der Waals surface area contributed by atoms with Crippen LogP contribution >= 0.6 is 0 Å². The topological polar surface area (TPSA) is 58.4 Å². The molecule has 0 unspecified atom stereocenters. The second-order valence-corrected chi connectivity index (χ2v) is 5.62. The van der Waals surface area contributed by atoms with Crippen molar-refractivity contribution in [3.63, 3.8) is 0 Å². The molecule has 0 atom stereocenters. The highest BCUT2D eigenvalue weighted by Gasteiger charge is 2.29. The summed E-state index contributed by atoms with van der Waals surface area (Å²) in [5, 5.41) is 2.98. The molecule has 1 aliphatic carbocycles. The van der Waals surface area contributed by atoms with E-state index >= 15 is 0 Å². The van der Waals surface area contributed by atoms with Crippen molar-refractivity contribution in [1.29, 1.82) is 0 Å². The molecule has 0 aliphatic heterocycles. The van der Waals surface area contributed by atoms with Crippen LogP contribution in [0.15, 0.2) is 18.2 Å². The van der Waals surface area contributed by atoms with Crippen molar-refractivity contribution in [3.05, 3.63) is 23.8 Å². The summed E-state index contributed by atoms with van der Waals surface area (Å²) in [4.78, 5) is 14.5. The SMILES string of the molecule is CCCCN(CC(=O)Nc1cccc(N)c1C)C1CC1. The van der Waals surface area contributed by atoms with Gasteiger partial charge >= 0.3 is 0 Å². The Bertz CT molecular complexity index is 469. The second-order valence-electron chi connectivity index (χ2n) is 5.62. The molecule has 1 aromatic rings. The van der Waals surface area contributed by atoms with Crippen LogP contribution in [0.3, 0.4) is 0 Å². The number of unbranched alkanes of at least 4 members (excludes halogenated alkanes) is 1. The van der Waals surface area contributed by atoms with Gasteiger partial charge in [0.1, 0.15) is 0 Å². The number of nitrogens with one attached hydrogen (secondary N) is 1. The first-order chi connectivity index (χ1) is 9.61. The van der Waals surface area contributed by atoms with Crippen molar-refractivity contribution in [1.82, 2.24) is 4.90 Å². The minimum absolute atomic E-state index is 0.0571. The Morgan fingerprint density at radius 2 is 2.20 bits per heavy atom. The average molecular weight is 275 g/mol. The maximum absolute atomic E-state index is 12.2. The number of nitrogen functional groups attached to an aromatic ring is 1. The van der Waals surface area contributed by atoms with Crippen molar-refractivity contribution >= 4 is 17.3 Å². The van der Waals surface area contributed by atoms with Crippen molar-refractivity contribution in [2.75, 3.05) is 24.1 Å². The Morgan fingerprint density at radius 1 is 1.45 bits per heavy atom. The predicted octanol–water partition coefficient (Wildman–Crippen LogP) is 2.78. The van der Waals surface area contributed by atoms with Crippen molar-refractivity contribution in [3.8, 4) is 0 Å². The highest BCUT2D eigenvalue weighted by molar-refractivity contribution is 5.93. The molecule has 0 spiro atoms. The van der Waals surface area contributed by atoms with Gasteiger partial charge in [-0.25, -0.2) is 0 Å². The first kappa shape index (κ1) is 14.9. The number of amides is 1. The van der Waals surface area contributed by atoms with Gasteiger partial charge in [0.15, 0.2) is 0 Å². The van der Waals surface area contributed by atoms with Gasteiger partial charge in [0.25, 0.3) is 0 Å². The van der Waals surface area contributed by atoms with E-state index in [4.69, 9.17) is 5.73 Å². The molecule has 110 valence electrons. The van der Waals surface area contributed by atoms with E-state index < -0.39 is 0 Å². The summed E-state index contributed by atoms with van der Waals surface area (Å²) in [6.45, 7) is 5.62. The molecule has 0 heterocycles. The van der Waals surface area contributed by atoms with Crippen molar-refractivity contribution < 1.29 is 4.79 Å². The van der Waals surface area contributed by atoms with Crippen LogP contribution in [0.4, 0.5) is 11.4 Å². The zero-order valence-electron chi connectivity index (χ0n) is 12.5. The number of carbonyl (C=O) groups is 1. The summed E-state index contributed by atoms with van der Waals surface area (Å²) in [5.74, 6) is 0.0571. The molecular weight excluding hydrogens is 250 g/mol. The largest absolute Gasteiger partial charge is 0.398 e. The minimum Gasteiger partial charge on any atom is -0.398 e. The van der Waals surface area contributed by atoms with Crippen molar-refractivity contribution in [2.24, 2.45) is 0 Å². The Morgan fingerprint density at radius 3 is 2.85 bits per heavy atom. The van der Waals surface area contributed by atoms with Crippen molar-refractivity contribution in [2.45, 2.75) is 45.6 Å². The highest BCUT2D eigenvalue weighted by Crippen LogP contribution is 2.27. The van der Waals surface area contributed by atoms with Gasteiger partial charge in [-0.1, -0.05) is 19.4 Å². The zero-order chi connectivity index (χ0) is 14.5. The molecule has 20 heavy (non-hydrogen) atoms. The molecule has 4 nitrogen and oxygen atoms in total. The molecular formula is C16H25N3O. The van der Waals surface area contributed by atoms with E-state index in [1.54, 1.807) is 0 Å². The molecule has 1 aromatic carbocycles. The number of nitrogens with two attached hydrogens (primary N) is 1. The van der Waals surface area contributed by atoms with Crippen LogP contribution in [-0.2, 0) is 4.79 Å². The molecule has 1 aliphatic rings. The molecule has 2 rings (SSSR count). The minimum atomic E-state index is 0.0571. The van der Waals surface area contributed by atoms with E-state index in [1.165, 1.54) is 19.3 Å². The summed E-state index contributed by atoms with van der Waals surface area (Å²) in [7, 11) is 0.